The van der Waals surface area contributed by atoms with Gasteiger partial charge in [0.15, 0.2) is 0 Å². The standard InChI is InChI=1S/C16H34/c1-6-9-10-11-15(7-2)12-13-16(8-3)14(4)5/h14-16H,6-13H2,1-5H3. The molecule has 2 unspecified atom stereocenters. The summed E-state index contributed by atoms with van der Waals surface area (Å²) in [5.74, 6) is 2.83. The molecule has 0 saturated heterocycles. The van der Waals surface area contributed by atoms with Gasteiger partial charge in [-0.05, 0) is 24.2 Å². The minimum Gasteiger partial charge on any atom is -0.0654 e. The molecule has 0 heterocycles. The first-order valence-corrected chi connectivity index (χ1v) is 7.65. The van der Waals surface area contributed by atoms with E-state index in [1.165, 1.54) is 51.4 Å². The molecule has 0 aromatic rings. The van der Waals surface area contributed by atoms with Crippen molar-refractivity contribution in [1.82, 2.24) is 0 Å². The average Bonchev–Trinajstić information content (AvgIpc) is 2.27. The maximum absolute atomic E-state index is 2.38. The molecule has 16 heavy (non-hydrogen) atoms. The molecule has 0 aromatic heterocycles. The summed E-state index contributed by atoms with van der Waals surface area (Å²) in [5.41, 5.74) is 0. The van der Waals surface area contributed by atoms with Crippen LogP contribution in [-0.4, -0.2) is 0 Å². The van der Waals surface area contributed by atoms with Crippen molar-refractivity contribution in [3.05, 3.63) is 0 Å². The van der Waals surface area contributed by atoms with Crippen LogP contribution in [0.2, 0.25) is 0 Å². The van der Waals surface area contributed by atoms with E-state index < -0.39 is 0 Å². The van der Waals surface area contributed by atoms with Gasteiger partial charge in [-0.3, -0.25) is 0 Å². The van der Waals surface area contributed by atoms with E-state index in [0.29, 0.717) is 0 Å². The highest BCUT2D eigenvalue weighted by Crippen LogP contribution is 2.26. The van der Waals surface area contributed by atoms with Crippen molar-refractivity contribution in [1.29, 1.82) is 0 Å². The third kappa shape index (κ3) is 7.30. The lowest BCUT2D eigenvalue weighted by molar-refractivity contribution is 0.297. The maximum atomic E-state index is 2.38. The first-order valence-electron chi connectivity index (χ1n) is 7.65. The molecule has 0 aliphatic rings. The molecule has 0 bridgehead atoms. The third-order valence-corrected chi connectivity index (χ3v) is 4.21. The van der Waals surface area contributed by atoms with Crippen molar-refractivity contribution in [2.24, 2.45) is 17.8 Å². The lowest BCUT2D eigenvalue weighted by Gasteiger charge is -2.22. The quantitative estimate of drug-likeness (QED) is 0.397. The minimum absolute atomic E-state index is 0.873. The summed E-state index contributed by atoms with van der Waals surface area (Å²) >= 11 is 0. The Kier molecular flexibility index (Phi) is 10.2. The van der Waals surface area contributed by atoms with Crippen LogP contribution in [0.25, 0.3) is 0 Å². The van der Waals surface area contributed by atoms with Gasteiger partial charge < -0.3 is 0 Å². The molecule has 0 radical (unpaired) electrons. The van der Waals surface area contributed by atoms with Crippen LogP contribution in [-0.2, 0) is 0 Å². The van der Waals surface area contributed by atoms with Crippen molar-refractivity contribution in [3.8, 4) is 0 Å². The van der Waals surface area contributed by atoms with Gasteiger partial charge in [0, 0.05) is 0 Å². The van der Waals surface area contributed by atoms with Crippen LogP contribution in [0, 0.1) is 17.8 Å². The zero-order chi connectivity index (χ0) is 12.4. The Morgan fingerprint density at radius 2 is 1.44 bits per heavy atom. The summed E-state index contributed by atoms with van der Waals surface area (Å²) in [6.45, 7) is 11.8. The second kappa shape index (κ2) is 10.2. The predicted molar refractivity (Wildman–Crippen MR) is 75.8 cm³/mol. The summed E-state index contributed by atoms with van der Waals surface area (Å²) in [6, 6.07) is 0. The average molecular weight is 226 g/mol. The summed E-state index contributed by atoms with van der Waals surface area (Å²) < 4.78 is 0. The first-order chi connectivity index (χ1) is 7.65. The van der Waals surface area contributed by atoms with Gasteiger partial charge >= 0.3 is 0 Å². The van der Waals surface area contributed by atoms with E-state index in [1.807, 2.05) is 0 Å². The van der Waals surface area contributed by atoms with Crippen molar-refractivity contribution in [2.75, 3.05) is 0 Å². The highest BCUT2D eigenvalue weighted by Gasteiger charge is 2.13. The predicted octanol–water partition coefficient (Wildman–Crippen LogP) is 6.06. The fourth-order valence-electron chi connectivity index (χ4n) is 2.69. The summed E-state index contributed by atoms with van der Waals surface area (Å²) in [6.07, 6.45) is 11.4. The molecular formula is C16H34. The second-order valence-corrected chi connectivity index (χ2v) is 5.76. The maximum Gasteiger partial charge on any atom is -0.0394 e. The van der Waals surface area contributed by atoms with Gasteiger partial charge in [-0.1, -0.05) is 79.6 Å². The highest BCUT2D eigenvalue weighted by molar-refractivity contribution is 4.65. The van der Waals surface area contributed by atoms with Crippen molar-refractivity contribution in [3.63, 3.8) is 0 Å². The van der Waals surface area contributed by atoms with E-state index in [4.69, 9.17) is 0 Å². The fraction of sp³-hybridized carbons (Fsp3) is 1.00. The third-order valence-electron chi connectivity index (χ3n) is 4.21. The van der Waals surface area contributed by atoms with E-state index in [0.717, 1.165) is 17.8 Å². The molecular weight excluding hydrogens is 192 g/mol. The molecule has 0 N–H and O–H groups in total. The SMILES string of the molecule is CCCCCC(CC)CCC(CC)C(C)C. The summed E-state index contributed by atoms with van der Waals surface area (Å²) in [5, 5.41) is 0. The number of hydrogen-bond donors (Lipinski definition) is 0. The van der Waals surface area contributed by atoms with Crippen LogP contribution in [0.3, 0.4) is 0 Å². The van der Waals surface area contributed by atoms with E-state index in [9.17, 15) is 0 Å². The highest BCUT2D eigenvalue weighted by atomic mass is 14.2. The van der Waals surface area contributed by atoms with E-state index in [1.54, 1.807) is 0 Å². The largest absolute Gasteiger partial charge is 0.0654 e. The molecule has 0 nitrogen and oxygen atoms in total. The molecule has 0 fully saturated rings. The smallest absolute Gasteiger partial charge is 0.0394 e. The van der Waals surface area contributed by atoms with Crippen molar-refractivity contribution < 1.29 is 0 Å². The van der Waals surface area contributed by atoms with Crippen LogP contribution in [0.5, 0.6) is 0 Å². The molecule has 0 heteroatoms. The zero-order valence-electron chi connectivity index (χ0n) is 12.4. The molecule has 0 aliphatic heterocycles. The fourth-order valence-corrected chi connectivity index (χ4v) is 2.69. The Morgan fingerprint density at radius 1 is 0.750 bits per heavy atom. The molecule has 0 amide bonds. The van der Waals surface area contributed by atoms with E-state index >= 15 is 0 Å². The topological polar surface area (TPSA) is 0 Å². The Morgan fingerprint density at radius 3 is 1.88 bits per heavy atom. The van der Waals surface area contributed by atoms with Crippen LogP contribution in [0.15, 0.2) is 0 Å². The summed E-state index contributed by atoms with van der Waals surface area (Å²) in [7, 11) is 0. The van der Waals surface area contributed by atoms with E-state index in [2.05, 4.69) is 34.6 Å². The van der Waals surface area contributed by atoms with Gasteiger partial charge in [0.25, 0.3) is 0 Å². The van der Waals surface area contributed by atoms with Gasteiger partial charge in [0.1, 0.15) is 0 Å². The molecule has 98 valence electrons. The van der Waals surface area contributed by atoms with Crippen molar-refractivity contribution >= 4 is 0 Å². The Hall–Kier alpha value is 0. The van der Waals surface area contributed by atoms with Crippen molar-refractivity contribution in [2.45, 2.75) is 86.0 Å². The monoisotopic (exact) mass is 226 g/mol. The number of rotatable bonds is 10. The first kappa shape index (κ1) is 16.0. The normalized spacial score (nSPS) is 15.4. The van der Waals surface area contributed by atoms with Crippen LogP contribution >= 0.6 is 0 Å². The lowest BCUT2D eigenvalue weighted by Crippen LogP contribution is -2.10. The second-order valence-electron chi connectivity index (χ2n) is 5.76. The molecule has 0 rings (SSSR count). The van der Waals surface area contributed by atoms with Gasteiger partial charge in [-0.25, -0.2) is 0 Å². The minimum atomic E-state index is 0.873. The molecule has 0 saturated carbocycles. The van der Waals surface area contributed by atoms with Gasteiger partial charge in [-0.2, -0.15) is 0 Å². The molecule has 0 aromatic carbocycles. The van der Waals surface area contributed by atoms with E-state index in [-0.39, 0.29) is 0 Å². The summed E-state index contributed by atoms with van der Waals surface area (Å²) in [4.78, 5) is 0. The van der Waals surface area contributed by atoms with Crippen LogP contribution in [0.4, 0.5) is 0 Å². The zero-order valence-corrected chi connectivity index (χ0v) is 12.4. The number of unbranched alkanes of at least 4 members (excludes halogenated alkanes) is 2. The Balaban J connectivity index is 3.75. The van der Waals surface area contributed by atoms with Crippen LogP contribution < -0.4 is 0 Å². The van der Waals surface area contributed by atoms with Gasteiger partial charge in [0.2, 0.25) is 0 Å². The molecule has 2 atom stereocenters. The Bertz CT molecular complexity index is 137. The van der Waals surface area contributed by atoms with Gasteiger partial charge in [0.05, 0.1) is 0 Å². The Labute approximate surface area is 104 Å². The molecule has 0 aliphatic carbocycles. The number of hydrogen-bond acceptors (Lipinski definition) is 0. The lowest BCUT2D eigenvalue weighted by atomic mass is 9.84. The molecule has 0 spiro atoms. The van der Waals surface area contributed by atoms with Crippen LogP contribution in [0.1, 0.15) is 86.0 Å². The van der Waals surface area contributed by atoms with Gasteiger partial charge in [-0.15, -0.1) is 0 Å².